The molecule has 2 rings (SSSR count). The second-order valence-electron chi connectivity index (χ2n) is 5.63. The number of nitrogens with one attached hydrogen (secondary N) is 1. The fourth-order valence-corrected chi connectivity index (χ4v) is 3.33. The predicted octanol–water partition coefficient (Wildman–Crippen LogP) is 1.19. The molecule has 0 spiro atoms. The van der Waals surface area contributed by atoms with Gasteiger partial charge in [-0.2, -0.15) is 8.42 Å². The van der Waals surface area contributed by atoms with Crippen molar-refractivity contribution in [3.8, 4) is 0 Å². The number of piperidine rings is 1. The lowest BCUT2D eigenvalue weighted by atomic mass is 10.1. The Labute approximate surface area is 149 Å². The van der Waals surface area contributed by atoms with Crippen LogP contribution in [0.3, 0.4) is 0 Å². The molecule has 0 atom stereocenters. The van der Waals surface area contributed by atoms with Crippen molar-refractivity contribution in [1.29, 1.82) is 0 Å². The highest BCUT2D eigenvalue weighted by atomic mass is 32.2. The second-order valence-corrected chi connectivity index (χ2v) is 7.25. The Morgan fingerprint density at radius 2 is 1.48 bits per heavy atom. The smallest absolute Gasteiger partial charge is 0.297 e. The standard InChI is InChI=1S/C17H27NO6S/c19-25(20,17-4-2-1-3-5-17)24-15-13-22-11-10-21-12-14-23-16-6-8-18-9-7-16/h1-5,16,18H,6-15H2. The van der Waals surface area contributed by atoms with Crippen LogP contribution < -0.4 is 5.32 Å². The second kappa shape index (κ2) is 11.6. The highest BCUT2D eigenvalue weighted by Crippen LogP contribution is 2.10. The van der Waals surface area contributed by atoms with E-state index in [1.54, 1.807) is 18.2 Å². The van der Waals surface area contributed by atoms with Crippen molar-refractivity contribution in [1.82, 2.24) is 5.32 Å². The number of rotatable bonds is 12. The highest BCUT2D eigenvalue weighted by Gasteiger charge is 2.14. The van der Waals surface area contributed by atoms with E-state index in [4.69, 9.17) is 18.4 Å². The summed E-state index contributed by atoms with van der Waals surface area (Å²) in [7, 11) is -3.71. The summed E-state index contributed by atoms with van der Waals surface area (Å²) in [5.41, 5.74) is 0. The number of hydrogen-bond acceptors (Lipinski definition) is 7. The van der Waals surface area contributed by atoms with E-state index in [0.29, 0.717) is 32.5 Å². The van der Waals surface area contributed by atoms with Gasteiger partial charge in [-0.15, -0.1) is 0 Å². The third-order valence-electron chi connectivity index (χ3n) is 3.74. The van der Waals surface area contributed by atoms with Gasteiger partial charge in [-0.25, -0.2) is 0 Å². The maximum Gasteiger partial charge on any atom is 0.297 e. The largest absolute Gasteiger partial charge is 0.377 e. The zero-order valence-corrected chi connectivity index (χ0v) is 15.2. The normalized spacial score (nSPS) is 16.2. The van der Waals surface area contributed by atoms with Crippen molar-refractivity contribution >= 4 is 10.1 Å². The Morgan fingerprint density at radius 3 is 2.16 bits per heavy atom. The molecular weight excluding hydrogens is 346 g/mol. The molecule has 0 saturated carbocycles. The summed E-state index contributed by atoms with van der Waals surface area (Å²) in [6.45, 7) is 4.16. The van der Waals surface area contributed by atoms with Gasteiger partial charge in [0, 0.05) is 0 Å². The number of hydrogen-bond donors (Lipinski definition) is 1. The molecule has 0 amide bonds. The molecule has 1 fully saturated rings. The van der Waals surface area contributed by atoms with Crippen molar-refractivity contribution in [2.45, 2.75) is 23.8 Å². The molecule has 1 N–H and O–H groups in total. The average molecular weight is 373 g/mol. The molecule has 1 aromatic rings. The van der Waals surface area contributed by atoms with Crippen LogP contribution in [0, 0.1) is 0 Å². The Hall–Kier alpha value is -1.03. The molecule has 25 heavy (non-hydrogen) atoms. The lowest BCUT2D eigenvalue weighted by molar-refractivity contribution is -0.0213. The molecule has 1 aliphatic heterocycles. The van der Waals surface area contributed by atoms with E-state index in [-0.39, 0.29) is 18.1 Å². The third-order valence-corrected chi connectivity index (χ3v) is 5.06. The quantitative estimate of drug-likeness (QED) is 0.435. The van der Waals surface area contributed by atoms with Gasteiger partial charge in [0.1, 0.15) is 0 Å². The molecular formula is C17H27NO6S. The summed E-state index contributed by atoms with van der Waals surface area (Å²) in [4.78, 5) is 0.145. The van der Waals surface area contributed by atoms with E-state index < -0.39 is 10.1 Å². The topological polar surface area (TPSA) is 83.1 Å². The van der Waals surface area contributed by atoms with Crippen LogP contribution in [0.15, 0.2) is 35.2 Å². The molecule has 1 saturated heterocycles. The van der Waals surface area contributed by atoms with Gasteiger partial charge in [0.15, 0.2) is 0 Å². The molecule has 1 aliphatic rings. The molecule has 0 radical (unpaired) electrons. The van der Waals surface area contributed by atoms with E-state index in [1.807, 2.05) is 0 Å². The summed E-state index contributed by atoms with van der Waals surface area (Å²) in [6.07, 6.45) is 2.44. The molecule has 7 nitrogen and oxygen atoms in total. The van der Waals surface area contributed by atoms with Gasteiger partial charge in [0.05, 0.1) is 50.6 Å². The lowest BCUT2D eigenvalue weighted by Crippen LogP contribution is -2.33. The van der Waals surface area contributed by atoms with Crippen LogP contribution in [0.25, 0.3) is 0 Å². The summed E-state index contributed by atoms with van der Waals surface area (Å²) in [5.74, 6) is 0. The lowest BCUT2D eigenvalue weighted by Gasteiger charge is -2.22. The highest BCUT2D eigenvalue weighted by molar-refractivity contribution is 7.86. The van der Waals surface area contributed by atoms with Gasteiger partial charge in [-0.3, -0.25) is 4.18 Å². The third kappa shape index (κ3) is 8.26. The number of ether oxygens (including phenoxy) is 3. The van der Waals surface area contributed by atoms with Gasteiger partial charge in [0.2, 0.25) is 0 Å². The molecule has 0 aromatic heterocycles. The minimum absolute atomic E-state index is 0.0178. The first-order valence-electron chi connectivity index (χ1n) is 8.61. The van der Waals surface area contributed by atoms with Crippen molar-refractivity contribution in [3.05, 3.63) is 30.3 Å². The Bertz CT molecular complexity index is 560. The zero-order valence-electron chi connectivity index (χ0n) is 14.4. The number of benzene rings is 1. The van der Waals surface area contributed by atoms with Crippen molar-refractivity contribution < 1.29 is 26.8 Å². The van der Waals surface area contributed by atoms with Crippen LogP contribution in [0.2, 0.25) is 0 Å². The van der Waals surface area contributed by atoms with Gasteiger partial charge in [-0.1, -0.05) is 18.2 Å². The van der Waals surface area contributed by atoms with E-state index in [2.05, 4.69) is 5.32 Å². The molecule has 8 heteroatoms. The first-order chi connectivity index (χ1) is 12.2. The Morgan fingerprint density at radius 1 is 0.880 bits per heavy atom. The maximum absolute atomic E-state index is 11.8. The summed E-state index contributed by atoms with van der Waals surface area (Å²) in [6, 6.07) is 8.04. The fraction of sp³-hybridized carbons (Fsp3) is 0.647. The zero-order chi connectivity index (χ0) is 17.8. The first kappa shape index (κ1) is 20.3. The van der Waals surface area contributed by atoms with Crippen LogP contribution in [-0.4, -0.2) is 67.3 Å². The summed E-state index contributed by atoms with van der Waals surface area (Å²) in [5, 5.41) is 3.29. The van der Waals surface area contributed by atoms with Crippen LogP contribution in [0.5, 0.6) is 0 Å². The molecule has 1 aromatic carbocycles. The minimum atomic E-state index is -3.71. The van der Waals surface area contributed by atoms with Gasteiger partial charge < -0.3 is 19.5 Å². The molecule has 142 valence electrons. The minimum Gasteiger partial charge on any atom is -0.377 e. The van der Waals surface area contributed by atoms with E-state index in [0.717, 1.165) is 25.9 Å². The maximum atomic E-state index is 11.8. The predicted molar refractivity (Wildman–Crippen MR) is 93.1 cm³/mol. The molecule has 0 aliphatic carbocycles. The SMILES string of the molecule is O=S(=O)(OCCOCCOCCOC1CCNCC1)c1ccccc1. The molecule has 0 bridgehead atoms. The molecule has 0 unspecified atom stereocenters. The monoisotopic (exact) mass is 373 g/mol. The average Bonchev–Trinajstić information content (AvgIpc) is 2.65. The van der Waals surface area contributed by atoms with Crippen molar-refractivity contribution in [2.75, 3.05) is 52.7 Å². The van der Waals surface area contributed by atoms with Crippen LogP contribution in [0.1, 0.15) is 12.8 Å². The van der Waals surface area contributed by atoms with Crippen LogP contribution >= 0.6 is 0 Å². The van der Waals surface area contributed by atoms with Crippen LogP contribution in [-0.2, 0) is 28.5 Å². The first-order valence-corrected chi connectivity index (χ1v) is 10.0. The van der Waals surface area contributed by atoms with Gasteiger partial charge in [-0.05, 0) is 38.1 Å². The summed E-state index contributed by atoms with van der Waals surface area (Å²) >= 11 is 0. The fourth-order valence-electron chi connectivity index (χ4n) is 2.42. The van der Waals surface area contributed by atoms with Crippen LogP contribution in [0.4, 0.5) is 0 Å². The van der Waals surface area contributed by atoms with Crippen molar-refractivity contribution in [2.24, 2.45) is 0 Å². The van der Waals surface area contributed by atoms with Gasteiger partial charge in [0.25, 0.3) is 10.1 Å². The Kier molecular flexibility index (Phi) is 9.38. The van der Waals surface area contributed by atoms with Gasteiger partial charge >= 0.3 is 0 Å². The summed E-state index contributed by atoms with van der Waals surface area (Å²) < 4.78 is 45.0. The van der Waals surface area contributed by atoms with E-state index >= 15 is 0 Å². The molecule has 1 heterocycles. The Balaban J connectivity index is 1.42. The van der Waals surface area contributed by atoms with E-state index in [9.17, 15) is 8.42 Å². The van der Waals surface area contributed by atoms with E-state index in [1.165, 1.54) is 12.1 Å². The van der Waals surface area contributed by atoms with Crippen molar-refractivity contribution in [3.63, 3.8) is 0 Å².